The van der Waals surface area contributed by atoms with Crippen LogP contribution in [0.3, 0.4) is 0 Å². The van der Waals surface area contributed by atoms with Gasteiger partial charge in [-0.1, -0.05) is 6.07 Å². The summed E-state index contributed by atoms with van der Waals surface area (Å²) in [6.07, 6.45) is 0.850. The monoisotopic (exact) mass is 347 g/mol. The maximum absolute atomic E-state index is 6.01. The fourth-order valence-electron chi connectivity index (χ4n) is 2.57. The highest BCUT2D eigenvalue weighted by atomic mass is 35.5. The predicted octanol–water partition coefficient (Wildman–Crippen LogP) is 4.04. The number of ether oxygens (including phenoxy) is 2. The van der Waals surface area contributed by atoms with Gasteiger partial charge in [-0.25, -0.2) is 9.97 Å². The second-order valence-corrected chi connectivity index (χ2v) is 6.85. The quantitative estimate of drug-likeness (QED) is 0.722. The van der Waals surface area contributed by atoms with Crippen LogP contribution in [0.2, 0.25) is 5.28 Å². The average Bonchev–Trinajstić information content (AvgIpc) is 3.12. The number of hydrogen-bond donors (Lipinski definition) is 1. The second kappa shape index (κ2) is 5.86. The Morgan fingerprint density at radius 1 is 1.22 bits per heavy atom. The summed E-state index contributed by atoms with van der Waals surface area (Å²) in [5.41, 5.74) is 1.18. The number of hydrogen-bond acceptors (Lipinski definition) is 6. The number of anilines is 1. The van der Waals surface area contributed by atoms with Crippen LogP contribution in [0.25, 0.3) is 10.2 Å². The van der Waals surface area contributed by atoms with Crippen LogP contribution in [0.4, 0.5) is 5.82 Å². The third-order valence-electron chi connectivity index (χ3n) is 3.63. The van der Waals surface area contributed by atoms with Crippen LogP contribution >= 0.6 is 22.9 Å². The topological polar surface area (TPSA) is 56.3 Å². The van der Waals surface area contributed by atoms with E-state index in [9.17, 15) is 0 Å². The molecule has 0 atom stereocenters. The van der Waals surface area contributed by atoms with E-state index < -0.39 is 0 Å². The fraction of sp³-hybridized carbons (Fsp3) is 0.250. The summed E-state index contributed by atoms with van der Waals surface area (Å²) >= 11 is 7.62. The zero-order valence-corrected chi connectivity index (χ0v) is 14.0. The predicted molar refractivity (Wildman–Crippen MR) is 91.9 cm³/mol. The molecule has 0 radical (unpaired) electrons. The molecule has 1 aliphatic heterocycles. The molecule has 0 saturated heterocycles. The van der Waals surface area contributed by atoms with Gasteiger partial charge < -0.3 is 14.8 Å². The highest BCUT2D eigenvalue weighted by molar-refractivity contribution is 7.18. The van der Waals surface area contributed by atoms with Crippen molar-refractivity contribution >= 4 is 39.0 Å². The minimum absolute atomic E-state index is 0.268. The molecule has 118 valence electrons. The lowest BCUT2D eigenvalue weighted by Crippen LogP contribution is -2.07. The maximum Gasteiger partial charge on any atom is 0.231 e. The minimum Gasteiger partial charge on any atom is -0.454 e. The van der Waals surface area contributed by atoms with E-state index in [2.05, 4.69) is 28.3 Å². The molecule has 1 aliphatic rings. The summed E-state index contributed by atoms with van der Waals surface area (Å²) in [6, 6.07) is 8.09. The molecule has 0 unspecified atom stereocenters. The molecular formula is C16H14ClN3O2S. The van der Waals surface area contributed by atoms with Gasteiger partial charge in [0.25, 0.3) is 0 Å². The lowest BCUT2D eigenvalue weighted by Gasteiger charge is -2.07. The third-order valence-corrected chi connectivity index (χ3v) is 4.75. The molecule has 2 aromatic heterocycles. The fourth-order valence-corrected chi connectivity index (χ4v) is 3.67. The van der Waals surface area contributed by atoms with E-state index in [4.69, 9.17) is 21.1 Å². The van der Waals surface area contributed by atoms with Crippen molar-refractivity contribution in [2.24, 2.45) is 0 Å². The van der Waals surface area contributed by atoms with Gasteiger partial charge in [-0.05, 0) is 48.7 Å². The molecule has 0 bridgehead atoms. The van der Waals surface area contributed by atoms with E-state index in [0.29, 0.717) is 6.79 Å². The number of nitrogens with zero attached hydrogens (tertiary/aromatic N) is 2. The van der Waals surface area contributed by atoms with Crippen molar-refractivity contribution in [1.82, 2.24) is 9.97 Å². The Labute approximate surface area is 142 Å². The van der Waals surface area contributed by atoms with Gasteiger partial charge in [0.2, 0.25) is 12.1 Å². The molecule has 0 aliphatic carbocycles. The van der Waals surface area contributed by atoms with E-state index >= 15 is 0 Å². The molecule has 3 aromatic rings. The number of fused-ring (bicyclic) bond motifs is 2. The highest BCUT2D eigenvalue weighted by Gasteiger charge is 2.13. The van der Waals surface area contributed by atoms with E-state index in [-0.39, 0.29) is 5.28 Å². The van der Waals surface area contributed by atoms with Gasteiger partial charge in [-0.2, -0.15) is 0 Å². The zero-order chi connectivity index (χ0) is 15.8. The average molecular weight is 348 g/mol. The summed E-state index contributed by atoms with van der Waals surface area (Å²) in [5.74, 6) is 2.40. The first-order valence-electron chi connectivity index (χ1n) is 7.25. The molecule has 7 heteroatoms. The number of rotatable bonds is 4. The number of aryl methyl sites for hydroxylation is 1. The van der Waals surface area contributed by atoms with Crippen molar-refractivity contribution in [3.8, 4) is 11.5 Å². The van der Waals surface area contributed by atoms with E-state index in [0.717, 1.165) is 40.5 Å². The van der Waals surface area contributed by atoms with Crippen molar-refractivity contribution in [3.63, 3.8) is 0 Å². The van der Waals surface area contributed by atoms with Crippen LogP contribution in [0.1, 0.15) is 10.4 Å². The van der Waals surface area contributed by atoms with Crippen LogP contribution < -0.4 is 14.8 Å². The Kier molecular flexibility index (Phi) is 3.71. The van der Waals surface area contributed by atoms with Gasteiger partial charge >= 0.3 is 0 Å². The number of halogens is 1. The van der Waals surface area contributed by atoms with Crippen molar-refractivity contribution in [2.75, 3.05) is 18.7 Å². The molecule has 0 spiro atoms. The normalized spacial score (nSPS) is 12.8. The lowest BCUT2D eigenvalue weighted by molar-refractivity contribution is 0.174. The van der Waals surface area contributed by atoms with Gasteiger partial charge in [0.05, 0.1) is 5.39 Å². The van der Waals surface area contributed by atoms with Crippen molar-refractivity contribution < 1.29 is 9.47 Å². The van der Waals surface area contributed by atoms with Gasteiger partial charge in [0.15, 0.2) is 11.5 Å². The standard InChI is InChI=1S/C16H14ClN3O2S/c1-9-6-11-14(19-16(17)20-15(11)23-9)18-5-4-10-2-3-12-13(7-10)22-8-21-12/h2-3,6-7H,4-5,8H2,1H3,(H,18,19,20). The van der Waals surface area contributed by atoms with E-state index in [1.807, 2.05) is 18.2 Å². The van der Waals surface area contributed by atoms with Gasteiger partial charge in [0.1, 0.15) is 10.6 Å². The Hall–Kier alpha value is -2.05. The highest BCUT2D eigenvalue weighted by Crippen LogP contribution is 2.33. The molecule has 0 fully saturated rings. The molecule has 0 saturated carbocycles. The van der Waals surface area contributed by atoms with Gasteiger partial charge in [-0.3, -0.25) is 0 Å². The van der Waals surface area contributed by atoms with E-state index in [1.165, 1.54) is 10.4 Å². The van der Waals surface area contributed by atoms with Crippen LogP contribution in [-0.4, -0.2) is 23.3 Å². The maximum atomic E-state index is 6.01. The molecule has 5 nitrogen and oxygen atoms in total. The number of benzene rings is 1. The Balaban J connectivity index is 1.49. The Morgan fingerprint density at radius 2 is 2.09 bits per heavy atom. The number of aromatic nitrogens is 2. The zero-order valence-electron chi connectivity index (χ0n) is 12.4. The molecule has 1 aromatic carbocycles. The van der Waals surface area contributed by atoms with Gasteiger partial charge in [0, 0.05) is 11.4 Å². The Morgan fingerprint density at radius 3 is 3.00 bits per heavy atom. The molecule has 0 amide bonds. The first-order valence-corrected chi connectivity index (χ1v) is 8.44. The Bertz CT molecular complexity index is 881. The summed E-state index contributed by atoms with van der Waals surface area (Å²) < 4.78 is 10.7. The summed E-state index contributed by atoms with van der Waals surface area (Å²) in [4.78, 5) is 10.7. The SMILES string of the molecule is Cc1cc2c(NCCc3ccc4c(c3)OCO4)nc(Cl)nc2s1. The van der Waals surface area contributed by atoms with Crippen molar-refractivity contribution in [1.29, 1.82) is 0 Å². The molecule has 3 heterocycles. The smallest absolute Gasteiger partial charge is 0.231 e. The third kappa shape index (κ3) is 2.92. The van der Waals surface area contributed by atoms with Crippen LogP contribution in [0.5, 0.6) is 11.5 Å². The van der Waals surface area contributed by atoms with Gasteiger partial charge in [-0.15, -0.1) is 11.3 Å². The first kappa shape index (κ1) is 14.5. The summed E-state index contributed by atoms with van der Waals surface area (Å²) in [5, 5.41) is 4.64. The van der Waals surface area contributed by atoms with Crippen LogP contribution in [-0.2, 0) is 6.42 Å². The lowest BCUT2D eigenvalue weighted by atomic mass is 10.1. The largest absolute Gasteiger partial charge is 0.454 e. The number of nitrogens with one attached hydrogen (secondary N) is 1. The van der Waals surface area contributed by atoms with E-state index in [1.54, 1.807) is 11.3 Å². The summed E-state index contributed by atoms with van der Waals surface area (Å²) in [6.45, 7) is 3.10. The molecule has 4 rings (SSSR count). The summed E-state index contributed by atoms with van der Waals surface area (Å²) in [7, 11) is 0. The first-order chi connectivity index (χ1) is 11.2. The van der Waals surface area contributed by atoms with Crippen molar-refractivity contribution in [2.45, 2.75) is 13.3 Å². The van der Waals surface area contributed by atoms with Crippen LogP contribution in [0, 0.1) is 6.92 Å². The molecule has 1 N–H and O–H groups in total. The second-order valence-electron chi connectivity index (χ2n) is 5.28. The van der Waals surface area contributed by atoms with Crippen LogP contribution in [0.15, 0.2) is 24.3 Å². The minimum atomic E-state index is 0.268. The molecule has 23 heavy (non-hydrogen) atoms. The molecular weight excluding hydrogens is 334 g/mol. The van der Waals surface area contributed by atoms with Crippen molar-refractivity contribution in [3.05, 3.63) is 40.0 Å². The number of thiophene rings is 1.